The highest BCUT2D eigenvalue weighted by Gasteiger charge is 2.15. The smallest absolute Gasteiger partial charge is 0.274 e. The SMILES string of the molecule is Cc1cc(C(=O)Nc2ccc3cc2CCc2cccc(c2)Nc2ncc(Cl)c(n2)N3)nc(Cl)n1. The van der Waals surface area contributed by atoms with Gasteiger partial charge in [0.2, 0.25) is 11.2 Å². The lowest BCUT2D eigenvalue weighted by Gasteiger charge is -2.14. The Kier molecular flexibility index (Phi) is 6.00. The maximum Gasteiger partial charge on any atom is 0.274 e. The molecule has 0 unspecified atom stereocenters. The summed E-state index contributed by atoms with van der Waals surface area (Å²) >= 11 is 12.3. The van der Waals surface area contributed by atoms with E-state index in [9.17, 15) is 4.79 Å². The number of nitrogens with one attached hydrogen (secondary N) is 3. The van der Waals surface area contributed by atoms with Crippen LogP contribution in [0, 0.1) is 6.92 Å². The van der Waals surface area contributed by atoms with Gasteiger partial charge in [-0.2, -0.15) is 4.98 Å². The zero-order chi connectivity index (χ0) is 23.7. The molecule has 0 saturated carbocycles. The number of hydrogen-bond acceptors (Lipinski definition) is 7. The summed E-state index contributed by atoms with van der Waals surface area (Å²) in [7, 11) is 0. The second kappa shape index (κ2) is 9.24. The van der Waals surface area contributed by atoms with Crippen molar-refractivity contribution in [1.29, 1.82) is 0 Å². The van der Waals surface area contributed by atoms with Crippen molar-refractivity contribution in [2.75, 3.05) is 16.0 Å². The lowest BCUT2D eigenvalue weighted by atomic mass is 10.0. The maximum atomic E-state index is 12.9. The molecule has 1 amide bonds. The first kappa shape index (κ1) is 22.1. The van der Waals surface area contributed by atoms with Gasteiger partial charge in [0.05, 0.1) is 6.20 Å². The molecular weight excluding hydrogens is 473 g/mol. The number of carbonyl (C=O) groups is 1. The van der Waals surface area contributed by atoms with Gasteiger partial charge >= 0.3 is 0 Å². The van der Waals surface area contributed by atoms with Crippen LogP contribution in [0.25, 0.3) is 0 Å². The highest BCUT2D eigenvalue weighted by atomic mass is 35.5. The highest BCUT2D eigenvalue weighted by Crippen LogP contribution is 2.29. The number of rotatable bonds is 2. The number of nitrogens with zero attached hydrogens (tertiary/aromatic N) is 4. The molecule has 0 radical (unpaired) electrons. The topological polar surface area (TPSA) is 105 Å². The second-order valence-corrected chi connectivity index (χ2v) is 8.58. The standard InChI is InChI=1S/C24H19Cl2N7O/c1-13-9-20(32-23(26)28-13)22(34)31-19-8-7-17-11-15(19)6-5-14-3-2-4-16(10-14)30-24-27-12-18(25)21(29-17)33-24/h2-4,7-12H,5-6H2,1H3,(H,31,34)(H2,27,29,30,33). The summed E-state index contributed by atoms with van der Waals surface area (Å²) in [6.45, 7) is 1.76. The van der Waals surface area contributed by atoms with E-state index in [4.69, 9.17) is 23.2 Å². The molecule has 0 atom stereocenters. The van der Waals surface area contributed by atoms with Crippen molar-refractivity contribution >= 4 is 57.9 Å². The number of fused-ring (bicyclic) bond motifs is 6. The van der Waals surface area contributed by atoms with Gasteiger partial charge in [-0.15, -0.1) is 0 Å². The molecule has 3 heterocycles. The number of aryl methyl sites for hydroxylation is 3. The van der Waals surface area contributed by atoms with Gasteiger partial charge in [0, 0.05) is 22.8 Å². The second-order valence-electron chi connectivity index (χ2n) is 7.83. The van der Waals surface area contributed by atoms with E-state index in [0.717, 1.165) is 28.9 Å². The quantitative estimate of drug-likeness (QED) is 0.308. The minimum Gasteiger partial charge on any atom is -0.339 e. The van der Waals surface area contributed by atoms with Gasteiger partial charge < -0.3 is 16.0 Å². The van der Waals surface area contributed by atoms with Crippen molar-refractivity contribution in [3.63, 3.8) is 0 Å². The predicted octanol–water partition coefficient (Wildman–Crippen LogP) is 5.72. The third-order valence-corrected chi connectivity index (χ3v) is 5.73. The summed E-state index contributed by atoms with van der Waals surface area (Å²) in [5.74, 6) is 0.552. The molecule has 0 fully saturated rings. The summed E-state index contributed by atoms with van der Waals surface area (Å²) in [6, 6.07) is 15.3. The van der Waals surface area contributed by atoms with E-state index in [1.54, 1.807) is 19.2 Å². The molecule has 170 valence electrons. The van der Waals surface area contributed by atoms with Gasteiger partial charge in [-0.3, -0.25) is 4.79 Å². The summed E-state index contributed by atoms with van der Waals surface area (Å²) in [5, 5.41) is 9.86. The predicted molar refractivity (Wildman–Crippen MR) is 134 cm³/mol. The summed E-state index contributed by atoms with van der Waals surface area (Å²) < 4.78 is 0. The number of aromatic nitrogens is 4. The van der Waals surface area contributed by atoms with Crippen LogP contribution < -0.4 is 16.0 Å². The fraction of sp³-hybridized carbons (Fsp3) is 0.125. The molecule has 4 aromatic rings. The Bertz CT molecular complexity index is 1390. The number of carbonyl (C=O) groups excluding carboxylic acids is 1. The minimum atomic E-state index is -0.359. The van der Waals surface area contributed by atoms with Gasteiger partial charge in [-0.25, -0.2) is 15.0 Å². The molecule has 2 aromatic carbocycles. The third-order valence-electron chi connectivity index (χ3n) is 5.29. The first-order valence-electron chi connectivity index (χ1n) is 10.5. The van der Waals surface area contributed by atoms with Gasteiger partial charge in [0.1, 0.15) is 10.7 Å². The van der Waals surface area contributed by atoms with Gasteiger partial charge in [0.25, 0.3) is 5.91 Å². The molecule has 0 saturated heterocycles. The lowest BCUT2D eigenvalue weighted by Crippen LogP contribution is -2.16. The monoisotopic (exact) mass is 491 g/mol. The molecule has 0 aliphatic carbocycles. The van der Waals surface area contributed by atoms with Crippen LogP contribution in [0.1, 0.15) is 27.3 Å². The van der Waals surface area contributed by atoms with Crippen molar-refractivity contribution < 1.29 is 4.79 Å². The Morgan fingerprint density at radius 2 is 1.82 bits per heavy atom. The third kappa shape index (κ3) is 4.93. The van der Waals surface area contributed by atoms with Crippen LogP contribution >= 0.6 is 23.2 Å². The molecule has 3 N–H and O–H groups in total. The van der Waals surface area contributed by atoms with Crippen molar-refractivity contribution in [2.45, 2.75) is 19.8 Å². The van der Waals surface area contributed by atoms with Crippen molar-refractivity contribution in [2.24, 2.45) is 0 Å². The van der Waals surface area contributed by atoms with Gasteiger partial charge in [-0.1, -0.05) is 23.7 Å². The molecule has 8 nitrogen and oxygen atoms in total. The van der Waals surface area contributed by atoms with Crippen LogP contribution in [0.3, 0.4) is 0 Å². The van der Waals surface area contributed by atoms with Gasteiger partial charge in [0.15, 0.2) is 5.82 Å². The van der Waals surface area contributed by atoms with E-state index in [0.29, 0.717) is 34.6 Å². The Hall–Kier alpha value is -3.75. The molecule has 34 heavy (non-hydrogen) atoms. The molecule has 10 heteroatoms. The Labute approximate surface area is 205 Å². The summed E-state index contributed by atoms with van der Waals surface area (Å²) in [4.78, 5) is 29.7. The molecule has 1 aliphatic rings. The van der Waals surface area contributed by atoms with E-state index in [-0.39, 0.29) is 16.9 Å². The van der Waals surface area contributed by atoms with E-state index < -0.39 is 0 Å². The Balaban J connectivity index is 1.52. The first-order valence-corrected chi connectivity index (χ1v) is 11.3. The number of hydrogen-bond donors (Lipinski definition) is 3. The van der Waals surface area contributed by atoms with E-state index in [1.165, 1.54) is 0 Å². The Morgan fingerprint density at radius 3 is 2.68 bits per heavy atom. The summed E-state index contributed by atoms with van der Waals surface area (Å²) in [5.41, 5.74) is 5.24. The van der Waals surface area contributed by atoms with Crippen molar-refractivity contribution in [1.82, 2.24) is 19.9 Å². The Morgan fingerprint density at radius 1 is 0.971 bits per heavy atom. The maximum absolute atomic E-state index is 12.9. The van der Waals surface area contributed by atoms with Crippen LogP contribution in [-0.2, 0) is 12.8 Å². The number of anilines is 5. The average molecular weight is 492 g/mol. The fourth-order valence-corrected chi connectivity index (χ4v) is 4.06. The number of halogens is 2. The molecule has 0 spiro atoms. The zero-order valence-corrected chi connectivity index (χ0v) is 19.6. The van der Waals surface area contributed by atoms with E-state index in [1.807, 2.05) is 30.3 Å². The molecular formula is C24H19Cl2N7O. The highest BCUT2D eigenvalue weighted by molar-refractivity contribution is 6.33. The summed E-state index contributed by atoms with van der Waals surface area (Å²) in [6.07, 6.45) is 3.00. The van der Waals surface area contributed by atoms with Crippen LogP contribution in [0.5, 0.6) is 0 Å². The lowest BCUT2D eigenvalue weighted by molar-refractivity contribution is 0.102. The van der Waals surface area contributed by atoms with Crippen molar-refractivity contribution in [3.8, 4) is 0 Å². The molecule has 5 rings (SSSR count). The minimum absolute atomic E-state index is 0.0324. The molecule has 2 aromatic heterocycles. The van der Waals surface area contributed by atoms with Crippen LogP contribution in [0.15, 0.2) is 54.7 Å². The zero-order valence-electron chi connectivity index (χ0n) is 18.1. The van der Waals surface area contributed by atoms with Crippen LogP contribution in [-0.4, -0.2) is 25.8 Å². The average Bonchev–Trinajstić information content (AvgIpc) is 2.81. The largest absolute Gasteiger partial charge is 0.339 e. The van der Waals surface area contributed by atoms with Crippen LogP contribution in [0.2, 0.25) is 10.3 Å². The molecule has 6 bridgehead atoms. The van der Waals surface area contributed by atoms with Crippen molar-refractivity contribution in [3.05, 3.63) is 87.5 Å². The molecule has 1 aliphatic heterocycles. The normalized spacial score (nSPS) is 12.3. The fourth-order valence-electron chi connectivity index (χ4n) is 3.70. The van der Waals surface area contributed by atoms with E-state index >= 15 is 0 Å². The number of benzene rings is 2. The van der Waals surface area contributed by atoms with Crippen LogP contribution in [0.4, 0.5) is 28.8 Å². The number of amides is 1. The first-order chi connectivity index (χ1) is 16.4. The van der Waals surface area contributed by atoms with Gasteiger partial charge in [-0.05, 0) is 78.9 Å². The van der Waals surface area contributed by atoms with E-state index in [2.05, 4.69) is 48.0 Å².